The van der Waals surface area contributed by atoms with Crippen molar-refractivity contribution in [3.63, 3.8) is 0 Å². The van der Waals surface area contributed by atoms with Crippen LogP contribution in [-0.2, 0) is 21.3 Å². The summed E-state index contributed by atoms with van der Waals surface area (Å²) < 4.78 is 32.8. The molecule has 0 amide bonds. The zero-order chi connectivity index (χ0) is 20.0. The van der Waals surface area contributed by atoms with Gasteiger partial charge >= 0.3 is 5.97 Å². The molecule has 2 aromatic rings. The molecule has 28 heavy (non-hydrogen) atoms. The van der Waals surface area contributed by atoms with E-state index in [2.05, 4.69) is 14.6 Å². The summed E-state index contributed by atoms with van der Waals surface area (Å²) >= 11 is 0. The van der Waals surface area contributed by atoms with Crippen molar-refractivity contribution in [2.75, 3.05) is 24.6 Å². The monoisotopic (exact) mass is 403 g/mol. The van der Waals surface area contributed by atoms with Gasteiger partial charge in [0, 0.05) is 25.8 Å². The van der Waals surface area contributed by atoms with E-state index in [1.54, 1.807) is 19.2 Å². The number of nitrogens with one attached hydrogen (secondary N) is 1. The number of aromatic nitrogens is 1. The maximum atomic E-state index is 12.6. The summed E-state index contributed by atoms with van der Waals surface area (Å²) in [6.07, 6.45) is 5.24. The molecule has 0 bridgehead atoms. The van der Waals surface area contributed by atoms with E-state index in [1.807, 2.05) is 6.07 Å². The van der Waals surface area contributed by atoms with Crippen molar-refractivity contribution in [1.82, 2.24) is 9.71 Å². The summed E-state index contributed by atoms with van der Waals surface area (Å²) in [6.45, 7) is 4.03. The zero-order valence-electron chi connectivity index (χ0n) is 15.9. The number of benzene rings is 1. The number of hydrogen-bond donors (Lipinski definition) is 1. The Labute approximate surface area is 165 Å². The molecule has 0 aliphatic carbocycles. The van der Waals surface area contributed by atoms with Crippen LogP contribution in [0.1, 0.15) is 42.1 Å². The molecule has 0 spiro atoms. The second-order valence-corrected chi connectivity index (χ2v) is 8.41. The Hall–Kier alpha value is -2.45. The van der Waals surface area contributed by atoms with Crippen LogP contribution in [0.2, 0.25) is 0 Å². The van der Waals surface area contributed by atoms with E-state index in [-0.39, 0.29) is 23.6 Å². The molecule has 1 aliphatic heterocycles. The molecular formula is C20H25N3O4S. The molecule has 1 aliphatic rings. The molecule has 3 rings (SSSR count). The van der Waals surface area contributed by atoms with Crippen molar-refractivity contribution in [2.24, 2.45) is 0 Å². The number of ether oxygens (including phenoxy) is 1. The van der Waals surface area contributed by atoms with Crippen molar-refractivity contribution in [3.8, 4) is 0 Å². The van der Waals surface area contributed by atoms with Crippen LogP contribution in [0, 0.1) is 0 Å². The van der Waals surface area contributed by atoms with Crippen molar-refractivity contribution < 1.29 is 17.9 Å². The predicted octanol–water partition coefficient (Wildman–Crippen LogP) is 2.73. The third kappa shape index (κ3) is 5.08. The van der Waals surface area contributed by atoms with Crippen molar-refractivity contribution in [2.45, 2.75) is 37.6 Å². The van der Waals surface area contributed by atoms with Gasteiger partial charge in [-0.15, -0.1) is 0 Å². The molecule has 8 heteroatoms. The van der Waals surface area contributed by atoms with E-state index in [0.29, 0.717) is 0 Å². The number of esters is 1. The topological polar surface area (TPSA) is 88.6 Å². The average Bonchev–Trinajstić information content (AvgIpc) is 2.73. The van der Waals surface area contributed by atoms with E-state index in [0.717, 1.165) is 37.3 Å². The Morgan fingerprint density at radius 2 is 1.96 bits per heavy atom. The minimum absolute atomic E-state index is 0.0309. The maximum absolute atomic E-state index is 12.6. The second kappa shape index (κ2) is 9.16. The first-order chi connectivity index (χ1) is 13.5. The standard InChI is InChI=1S/C20H25N3O4S/c1-2-27-20(24)17-7-6-8-18(14-17)28(25,26)22-15-16-9-10-21-19(13-16)23-11-4-3-5-12-23/h6-10,13-14,22H,2-5,11-12,15H2,1H3. The maximum Gasteiger partial charge on any atom is 0.338 e. The molecule has 7 nitrogen and oxygen atoms in total. The first-order valence-electron chi connectivity index (χ1n) is 9.46. The number of hydrogen-bond acceptors (Lipinski definition) is 6. The molecule has 1 saturated heterocycles. The van der Waals surface area contributed by atoms with Gasteiger partial charge in [0.1, 0.15) is 5.82 Å². The van der Waals surface area contributed by atoms with Crippen LogP contribution >= 0.6 is 0 Å². The lowest BCUT2D eigenvalue weighted by Gasteiger charge is -2.27. The highest BCUT2D eigenvalue weighted by Crippen LogP contribution is 2.19. The number of carbonyl (C=O) groups excluding carboxylic acids is 1. The highest BCUT2D eigenvalue weighted by atomic mass is 32.2. The Bertz CT molecular complexity index is 925. The number of rotatable bonds is 7. The molecule has 2 heterocycles. The van der Waals surface area contributed by atoms with Gasteiger partial charge in [-0.05, 0) is 62.1 Å². The predicted molar refractivity (Wildman–Crippen MR) is 107 cm³/mol. The van der Waals surface area contributed by atoms with Gasteiger partial charge in [0.2, 0.25) is 10.0 Å². The van der Waals surface area contributed by atoms with E-state index >= 15 is 0 Å². The second-order valence-electron chi connectivity index (χ2n) is 6.64. The number of piperidine rings is 1. The number of anilines is 1. The molecule has 0 saturated carbocycles. The minimum atomic E-state index is -3.76. The summed E-state index contributed by atoms with van der Waals surface area (Å²) in [6, 6.07) is 9.56. The van der Waals surface area contributed by atoms with E-state index in [4.69, 9.17) is 4.74 Å². The van der Waals surface area contributed by atoms with Gasteiger partial charge in [0.25, 0.3) is 0 Å². The van der Waals surface area contributed by atoms with Gasteiger partial charge in [-0.3, -0.25) is 0 Å². The van der Waals surface area contributed by atoms with Crippen LogP contribution in [0.25, 0.3) is 0 Å². The lowest BCUT2D eigenvalue weighted by atomic mass is 10.1. The quantitative estimate of drug-likeness (QED) is 0.715. The lowest BCUT2D eigenvalue weighted by molar-refractivity contribution is 0.0526. The molecule has 1 aromatic carbocycles. The average molecular weight is 404 g/mol. The van der Waals surface area contributed by atoms with Crippen LogP contribution in [0.3, 0.4) is 0 Å². The summed E-state index contributed by atoms with van der Waals surface area (Å²) in [7, 11) is -3.76. The summed E-state index contributed by atoms with van der Waals surface area (Å²) in [4.78, 5) is 18.5. The highest BCUT2D eigenvalue weighted by molar-refractivity contribution is 7.89. The van der Waals surface area contributed by atoms with Gasteiger partial charge in [-0.25, -0.2) is 22.9 Å². The van der Waals surface area contributed by atoms with Gasteiger partial charge in [-0.2, -0.15) is 0 Å². The first kappa shape index (κ1) is 20.3. The Morgan fingerprint density at radius 1 is 1.18 bits per heavy atom. The summed E-state index contributed by atoms with van der Waals surface area (Å²) in [5.74, 6) is 0.334. The van der Waals surface area contributed by atoms with Gasteiger partial charge < -0.3 is 9.64 Å². The lowest BCUT2D eigenvalue weighted by Crippen LogP contribution is -2.30. The van der Waals surface area contributed by atoms with Crippen LogP contribution in [0.5, 0.6) is 0 Å². The molecule has 150 valence electrons. The first-order valence-corrected chi connectivity index (χ1v) is 10.9. The molecular weight excluding hydrogens is 378 g/mol. The van der Waals surface area contributed by atoms with Crippen LogP contribution in [0.4, 0.5) is 5.82 Å². The van der Waals surface area contributed by atoms with Crippen molar-refractivity contribution >= 4 is 21.8 Å². The molecule has 1 fully saturated rings. The Morgan fingerprint density at radius 3 is 2.71 bits per heavy atom. The molecule has 1 N–H and O–H groups in total. The Balaban J connectivity index is 1.70. The fraction of sp³-hybridized carbons (Fsp3) is 0.400. The molecule has 0 atom stereocenters. The van der Waals surface area contributed by atoms with E-state index in [9.17, 15) is 13.2 Å². The van der Waals surface area contributed by atoms with E-state index < -0.39 is 16.0 Å². The fourth-order valence-corrected chi connectivity index (χ4v) is 4.20. The number of sulfonamides is 1. The van der Waals surface area contributed by atoms with Gasteiger partial charge in [0.05, 0.1) is 17.1 Å². The summed E-state index contributed by atoms with van der Waals surface area (Å²) in [5, 5.41) is 0. The molecule has 0 radical (unpaired) electrons. The largest absolute Gasteiger partial charge is 0.462 e. The number of carbonyl (C=O) groups is 1. The SMILES string of the molecule is CCOC(=O)c1cccc(S(=O)(=O)NCc2ccnc(N3CCCCC3)c2)c1. The van der Waals surface area contributed by atoms with Crippen LogP contribution < -0.4 is 9.62 Å². The van der Waals surface area contributed by atoms with Crippen molar-refractivity contribution in [1.29, 1.82) is 0 Å². The van der Waals surface area contributed by atoms with Crippen LogP contribution in [-0.4, -0.2) is 39.1 Å². The normalized spacial score (nSPS) is 14.7. The fourth-order valence-electron chi connectivity index (χ4n) is 3.13. The third-order valence-electron chi connectivity index (χ3n) is 4.61. The van der Waals surface area contributed by atoms with Crippen LogP contribution in [0.15, 0.2) is 47.5 Å². The molecule has 0 unspecified atom stereocenters. The smallest absolute Gasteiger partial charge is 0.338 e. The third-order valence-corrected chi connectivity index (χ3v) is 6.01. The van der Waals surface area contributed by atoms with Gasteiger partial charge in [-0.1, -0.05) is 6.07 Å². The minimum Gasteiger partial charge on any atom is -0.462 e. The van der Waals surface area contributed by atoms with Crippen molar-refractivity contribution in [3.05, 3.63) is 53.7 Å². The van der Waals surface area contributed by atoms with E-state index in [1.165, 1.54) is 30.7 Å². The Kier molecular flexibility index (Phi) is 6.64. The number of nitrogens with zero attached hydrogens (tertiary/aromatic N) is 2. The van der Waals surface area contributed by atoms with Gasteiger partial charge in [0.15, 0.2) is 0 Å². The summed E-state index contributed by atoms with van der Waals surface area (Å²) in [5.41, 5.74) is 1.04. The number of pyridine rings is 1. The molecule has 1 aromatic heterocycles. The highest BCUT2D eigenvalue weighted by Gasteiger charge is 2.17. The zero-order valence-corrected chi connectivity index (χ0v) is 16.7.